The SMILES string of the molecule is CC(C)(O)CCc1ccc(Cc2cc([C@H]3CC(O)C[C@@H](CO)O3)ccc2C2CC2)cc1. The van der Waals surface area contributed by atoms with E-state index in [1.807, 2.05) is 13.8 Å². The van der Waals surface area contributed by atoms with Gasteiger partial charge in [-0.25, -0.2) is 0 Å². The van der Waals surface area contributed by atoms with Crippen LogP contribution < -0.4 is 0 Å². The molecule has 0 radical (unpaired) electrons. The molecule has 2 aromatic rings. The van der Waals surface area contributed by atoms with Gasteiger partial charge in [-0.1, -0.05) is 42.5 Å². The highest BCUT2D eigenvalue weighted by Crippen LogP contribution is 2.43. The van der Waals surface area contributed by atoms with Gasteiger partial charge in [-0.3, -0.25) is 0 Å². The average molecular weight is 425 g/mol. The number of rotatable bonds is 8. The van der Waals surface area contributed by atoms with Crippen LogP contribution in [0, 0.1) is 0 Å². The van der Waals surface area contributed by atoms with Crippen molar-refractivity contribution in [2.24, 2.45) is 0 Å². The molecule has 1 unspecified atom stereocenters. The second kappa shape index (κ2) is 9.41. The Bertz CT molecular complexity index is 864. The molecule has 1 heterocycles. The molecule has 3 N–H and O–H groups in total. The van der Waals surface area contributed by atoms with E-state index in [2.05, 4.69) is 42.5 Å². The van der Waals surface area contributed by atoms with Gasteiger partial charge in [-0.05, 0) is 79.7 Å². The molecule has 1 saturated heterocycles. The van der Waals surface area contributed by atoms with Crippen LogP contribution in [0.3, 0.4) is 0 Å². The molecule has 31 heavy (non-hydrogen) atoms. The van der Waals surface area contributed by atoms with Crippen molar-refractivity contribution < 1.29 is 20.1 Å². The Balaban J connectivity index is 1.51. The highest BCUT2D eigenvalue weighted by molar-refractivity contribution is 5.41. The summed E-state index contributed by atoms with van der Waals surface area (Å²) in [5.74, 6) is 0.665. The van der Waals surface area contributed by atoms with Gasteiger partial charge in [-0.15, -0.1) is 0 Å². The van der Waals surface area contributed by atoms with Crippen LogP contribution in [0.4, 0.5) is 0 Å². The molecule has 4 heteroatoms. The lowest BCUT2D eigenvalue weighted by Gasteiger charge is -2.33. The molecule has 2 fully saturated rings. The number of aryl methyl sites for hydroxylation is 1. The summed E-state index contributed by atoms with van der Waals surface area (Å²) in [7, 11) is 0. The van der Waals surface area contributed by atoms with Crippen LogP contribution in [0.15, 0.2) is 42.5 Å². The number of hydrogen-bond donors (Lipinski definition) is 3. The van der Waals surface area contributed by atoms with Crippen LogP contribution in [-0.4, -0.2) is 39.7 Å². The lowest BCUT2D eigenvalue weighted by Crippen LogP contribution is -2.33. The Labute approximate surface area is 185 Å². The molecule has 2 aliphatic rings. The van der Waals surface area contributed by atoms with Crippen molar-refractivity contribution in [3.63, 3.8) is 0 Å². The van der Waals surface area contributed by atoms with Crippen LogP contribution >= 0.6 is 0 Å². The molecule has 0 amide bonds. The third-order valence-electron chi connectivity index (χ3n) is 6.58. The molecule has 4 nitrogen and oxygen atoms in total. The van der Waals surface area contributed by atoms with Crippen LogP contribution in [0.1, 0.15) is 85.8 Å². The van der Waals surface area contributed by atoms with Gasteiger partial charge >= 0.3 is 0 Å². The highest BCUT2D eigenvalue weighted by atomic mass is 16.5. The van der Waals surface area contributed by atoms with Gasteiger partial charge in [0.1, 0.15) is 0 Å². The van der Waals surface area contributed by atoms with E-state index in [0.717, 1.165) is 24.8 Å². The molecule has 2 aromatic carbocycles. The summed E-state index contributed by atoms with van der Waals surface area (Å²) in [6, 6.07) is 15.4. The molecule has 1 aliphatic heterocycles. The first-order valence-electron chi connectivity index (χ1n) is 11.7. The zero-order valence-corrected chi connectivity index (χ0v) is 18.8. The second-order valence-corrected chi connectivity index (χ2v) is 10.1. The lowest BCUT2D eigenvalue weighted by molar-refractivity contribution is -0.113. The molecule has 0 bridgehead atoms. The monoisotopic (exact) mass is 424 g/mol. The van der Waals surface area contributed by atoms with Crippen molar-refractivity contribution in [3.8, 4) is 0 Å². The third kappa shape index (κ3) is 6.17. The molecule has 0 spiro atoms. The molecule has 1 aliphatic carbocycles. The fourth-order valence-electron chi connectivity index (χ4n) is 4.59. The van der Waals surface area contributed by atoms with Gasteiger partial charge < -0.3 is 20.1 Å². The first-order valence-corrected chi connectivity index (χ1v) is 11.7. The first kappa shape index (κ1) is 22.5. The molecule has 168 valence electrons. The summed E-state index contributed by atoms with van der Waals surface area (Å²) in [4.78, 5) is 0. The van der Waals surface area contributed by atoms with E-state index >= 15 is 0 Å². The van der Waals surface area contributed by atoms with Crippen molar-refractivity contribution in [1.29, 1.82) is 0 Å². The van der Waals surface area contributed by atoms with Crippen molar-refractivity contribution in [2.75, 3.05) is 6.61 Å². The minimum atomic E-state index is -0.637. The lowest BCUT2D eigenvalue weighted by atomic mass is 9.90. The highest BCUT2D eigenvalue weighted by Gasteiger charge is 2.31. The Hall–Kier alpha value is -1.72. The van der Waals surface area contributed by atoms with Crippen molar-refractivity contribution in [3.05, 3.63) is 70.3 Å². The maximum atomic E-state index is 10.2. The zero-order chi connectivity index (χ0) is 22.0. The van der Waals surface area contributed by atoms with Crippen LogP contribution in [-0.2, 0) is 17.6 Å². The predicted octanol–water partition coefficient (Wildman–Crippen LogP) is 4.43. The van der Waals surface area contributed by atoms with E-state index in [4.69, 9.17) is 4.74 Å². The van der Waals surface area contributed by atoms with Gasteiger partial charge in [0.2, 0.25) is 0 Å². The molecule has 3 atom stereocenters. The van der Waals surface area contributed by atoms with E-state index in [9.17, 15) is 15.3 Å². The van der Waals surface area contributed by atoms with Crippen molar-refractivity contribution >= 4 is 0 Å². The van der Waals surface area contributed by atoms with Crippen molar-refractivity contribution in [1.82, 2.24) is 0 Å². The number of benzene rings is 2. The zero-order valence-electron chi connectivity index (χ0n) is 18.8. The van der Waals surface area contributed by atoms with Gasteiger partial charge in [-0.2, -0.15) is 0 Å². The summed E-state index contributed by atoms with van der Waals surface area (Å²) < 4.78 is 6.05. The third-order valence-corrected chi connectivity index (χ3v) is 6.58. The maximum absolute atomic E-state index is 10.2. The van der Waals surface area contributed by atoms with E-state index < -0.39 is 11.7 Å². The van der Waals surface area contributed by atoms with Crippen LogP contribution in [0.2, 0.25) is 0 Å². The summed E-state index contributed by atoms with van der Waals surface area (Å²) in [6.07, 6.45) is 5.20. The Morgan fingerprint density at radius 3 is 2.35 bits per heavy atom. The van der Waals surface area contributed by atoms with Gasteiger partial charge in [0, 0.05) is 12.8 Å². The van der Waals surface area contributed by atoms with Gasteiger partial charge in [0.25, 0.3) is 0 Å². The Kier molecular flexibility index (Phi) is 6.83. The molecule has 1 saturated carbocycles. The van der Waals surface area contributed by atoms with E-state index in [1.165, 1.54) is 35.1 Å². The second-order valence-electron chi connectivity index (χ2n) is 10.1. The molecular weight excluding hydrogens is 388 g/mol. The van der Waals surface area contributed by atoms with Gasteiger partial charge in [0.05, 0.1) is 30.5 Å². The molecule has 4 rings (SSSR count). The molecule has 0 aromatic heterocycles. The molecular formula is C27H36O4. The maximum Gasteiger partial charge on any atom is 0.0854 e. The summed E-state index contributed by atoms with van der Waals surface area (Å²) in [5.41, 5.74) is 5.77. The minimum absolute atomic E-state index is 0.0552. The standard InChI is InChI=1S/C27H36O4/c1-27(2,30)12-11-18-3-5-19(6-4-18)13-22-14-21(9-10-25(22)20-7-8-20)26-16-23(29)15-24(17-28)31-26/h3-6,9-10,14,20,23-24,26,28-30H,7-8,11-13,15-17H2,1-2H3/t23?,24-,26+/m0/s1. The summed E-state index contributed by atoms with van der Waals surface area (Å²) >= 11 is 0. The average Bonchev–Trinajstić information content (AvgIpc) is 3.57. The summed E-state index contributed by atoms with van der Waals surface area (Å²) in [5, 5.41) is 29.7. The smallest absolute Gasteiger partial charge is 0.0854 e. The Morgan fingerprint density at radius 2 is 1.71 bits per heavy atom. The summed E-state index contributed by atoms with van der Waals surface area (Å²) in [6.45, 7) is 3.65. The Morgan fingerprint density at radius 1 is 1.00 bits per heavy atom. The van der Waals surface area contributed by atoms with E-state index in [0.29, 0.717) is 18.8 Å². The minimum Gasteiger partial charge on any atom is -0.394 e. The topological polar surface area (TPSA) is 69.9 Å². The van der Waals surface area contributed by atoms with Crippen molar-refractivity contribution in [2.45, 2.75) is 88.6 Å². The van der Waals surface area contributed by atoms with Gasteiger partial charge in [0.15, 0.2) is 0 Å². The normalized spacial score (nSPS) is 24.4. The van der Waals surface area contributed by atoms with Crippen LogP contribution in [0.25, 0.3) is 0 Å². The number of hydrogen-bond acceptors (Lipinski definition) is 4. The fourth-order valence-corrected chi connectivity index (χ4v) is 4.59. The fraction of sp³-hybridized carbons (Fsp3) is 0.556. The number of aliphatic hydroxyl groups is 3. The quantitative estimate of drug-likeness (QED) is 0.586. The first-order chi connectivity index (χ1) is 14.8. The van der Waals surface area contributed by atoms with Crippen LogP contribution in [0.5, 0.6) is 0 Å². The number of aliphatic hydroxyl groups excluding tert-OH is 2. The van der Waals surface area contributed by atoms with E-state index in [-0.39, 0.29) is 18.8 Å². The largest absolute Gasteiger partial charge is 0.394 e. The van der Waals surface area contributed by atoms with E-state index in [1.54, 1.807) is 0 Å². The number of ether oxygens (including phenoxy) is 1. The predicted molar refractivity (Wildman–Crippen MR) is 122 cm³/mol.